The Balaban J connectivity index is 1.49. The Morgan fingerprint density at radius 3 is 2.22 bits per heavy atom. The number of nitrogens with zero attached hydrogens (tertiary/aromatic N) is 1. The summed E-state index contributed by atoms with van der Waals surface area (Å²) in [6, 6.07) is 21.0. The molecule has 0 spiro atoms. The first-order chi connectivity index (χ1) is 18.2. The maximum absolute atomic E-state index is 2.51. The quantitative estimate of drug-likeness (QED) is 0.134. The number of benzene rings is 2. The van der Waals surface area contributed by atoms with E-state index in [9.17, 15) is 0 Å². The third-order valence-corrected chi connectivity index (χ3v) is 10.1. The number of hydrogen-bond acceptors (Lipinski definition) is 2. The van der Waals surface area contributed by atoms with Crippen LogP contribution in [0.1, 0.15) is 83.3 Å². The molecule has 3 heteroatoms. The molecule has 0 unspecified atom stereocenters. The van der Waals surface area contributed by atoms with Crippen LogP contribution in [0.4, 0.5) is 0 Å². The normalized spacial score (nSPS) is 11.8. The van der Waals surface area contributed by atoms with E-state index in [2.05, 4.69) is 85.3 Å². The van der Waals surface area contributed by atoms with Crippen molar-refractivity contribution in [3.05, 3.63) is 71.1 Å². The van der Waals surface area contributed by atoms with Gasteiger partial charge >= 0.3 is 0 Å². The summed E-state index contributed by atoms with van der Waals surface area (Å²) in [7, 11) is 0. The van der Waals surface area contributed by atoms with Crippen LogP contribution in [0.3, 0.4) is 0 Å². The van der Waals surface area contributed by atoms with E-state index in [-0.39, 0.29) is 0 Å². The van der Waals surface area contributed by atoms with Crippen molar-refractivity contribution in [1.82, 2.24) is 4.57 Å². The van der Waals surface area contributed by atoms with E-state index in [1.165, 1.54) is 112 Å². The number of fused-ring (bicyclic) bond motifs is 3. The molecule has 0 amide bonds. The Hall–Kier alpha value is -2.36. The maximum Gasteiger partial charge on any atom is 0.0491 e. The molecule has 0 saturated carbocycles. The third-order valence-electron chi connectivity index (χ3n) is 7.68. The predicted octanol–water partition coefficient (Wildman–Crippen LogP) is 11.5. The Kier molecular flexibility index (Phi) is 8.84. The highest BCUT2D eigenvalue weighted by Gasteiger charge is 2.16. The zero-order valence-electron chi connectivity index (χ0n) is 22.8. The van der Waals surface area contributed by atoms with Crippen LogP contribution in [0, 0.1) is 0 Å². The number of thiophene rings is 2. The van der Waals surface area contributed by atoms with Crippen LogP contribution in [-0.4, -0.2) is 4.57 Å². The topological polar surface area (TPSA) is 4.93 Å². The average molecular weight is 528 g/mol. The van der Waals surface area contributed by atoms with Crippen molar-refractivity contribution in [1.29, 1.82) is 0 Å². The number of para-hydroxylation sites is 1. The molecule has 5 rings (SSSR count). The van der Waals surface area contributed by atoms with Gasteiger partial charge < -0.3 is 4.57 Å². The van der Waals surface area contributed by atoms with Gasteiger partial charge in [-0.05, 0) is 85.0 Å². The van der Waals surface area contributed by atoms with Crippen LogP contribution in [0.15, 0.2) is 60.0 Å². The summed E-state index contributed by atoms with van der Waals surface area (Å²) in [6.07, 6.45) is 13.0. The van der Waals surface area contributed by atoms with Gasteiger partial charge in [0.15, 0.2) is 0 Å². The van der Waals surface area contributed by atoms with E-state index in [0.29, 0.717) is 0 Å². The van der Waals surface area contributed by atoms with Gasteiger partial charge in [-0.25, -0.2) is 0 Å². The fourth-order valence-corrected chi connectivity index (χ4v) is 7.95. The van der Waals surface area contributed by atoms with Gasteiger partial charge in [-0.3, -0.25) is 0 Å². The van der Waals surface area contributed by atoms with Gasteiger partial charge in [0.1, 0.15) is 0 Å². The van der Waals surface area contributed by atoms with Crippen LogP contribution in [0.5, 0.6) is 0 Å². The minimum absolute atomic E-state index is 0.994. The summed E-state index contributed by atoms with van der Waals surface area (Å²) in [6.45, 7) is 7.83. The molecule has 0 atom stereocenters. The molecule has 3 aromatic heterocycles. The lowest BCUT2D eigenvalue weighted by Crippen LogP contribution is -1.92. The molecular formula is C34H41NS2. The van der Waals surface area contributed by atoms with Crippen molar-refractivity contribution in [2.45, 2.75) is 91.5 Å². The van der Waals surface area contributed by atoms with Crippen LogP contribution in [0.25, 0.3) is 42.0 Å². The molecule has 0 fully saturated rings. The first kappa shape index (κ1) is 26.3. The fourth-order valence-electron chi connectivity index (χ4n) is 5.64. The highest BCUT2D eigenvalue weighted by atomic mass is 32.1. The molecule has 0 N–H and O–H groups in total. The summed E-state index contributed by atoms with van der Waals surface area (Å²) < 4.78 is 2.45. The largest absolute Gasteiger partial charge is 0.341 e. The zero-order valence-corrected chi connectivity index (χ0v) is 24.4. The number of rotatable bonds is 13. The predicted molar refractivity (Wildman–Crippen MR) is 167 cm³/mol. The molecule has 0 bridgehead atoms. The number of aromatic nitrogens is 1. The lowest BCUT2D eigenvalue weighted by molar-refractivity contribution is 0.667. The van der Waals surface area contributed by atoms with Gasteiger partial charge in [-0.1, -0.05) is 76.6 Å². The van der Waals surface area contributed by atoms with Gasteiger partial charge in [0.05, 0.1) is 0 Å². The van der Waals surface area contributed by atoms with E-state index < -0.39 is 0 Å². The van der Waals surface area contributed by atoms with E-state index in [4.69, 9.17) is 0 Å². The average Bonchev–Trinajstić information content (AvgIpc) is 3.64. The second kappa shape index (κ2) is 12.5. The molecule has 0 aliphatic carbocycles. The second-order valence-electron chi connectivity index (χ2n) is 10.4. The molecule has 1 nitrogen and oxygen atoms in total. The van der Waals surface area contributed by atoms with Crippen LogP contribution in [-0.2, 0) is 19.4 Å². The minimum atomic E-state index is 0.994. The lowest BCUT2D eigenvalue weighted by atomic mass is 10.0. The lowest BCUT2D eigenvalue weighted by Gasteiger charge is -2.03. The van der Waals surface area contributed by atoms with Gasteiger partial charge in [0, 0.05) is 43.0 Å². The molecular weight excluding hydrogens is 487 g/mol. The standard InChI is InChI=1S/C34H41NS2/c1-4-7-9-11-15-25-21-33(36-24-25)34-27(16-12-10-8-5-2)23-32(37-34)26-19-20-31-29(22-26)28-17-13-14-18-30(28)35(31)6-3/h13-14,17-24H,4-12,15-16H2,1-3H3. The van der Waals surface area contributed by atoms with Gasteiger partial charge in [0.25, 0.3) is 0 Å². The van der Waals surface area contributed by atoms with Gasteiger partial charge in [-0.15, -0.1) is 22.7 Å². The van der Waals surface area contributed by atoms with Crippen molar-refractivity contribution in [3.8, 4) is 20.2 Å². The van der Waals surface area contributed by atoms with Crippen molar-refractivity contribution in [2.24, 2.45) is 0 Å². The Labute approximate surface area is 231 Å². The fraction of sp³-hybridized carbons (Fsp3) is 0.412. The second-order valence-corrected chi connectivity index (χ2v) is 12.4. The van der Waals surface area contributed by atoms with Crippen LogP contribution >= 0.6 is 22.7 Å². The van der Waals surface area contributed by atoms with Crippen molar-refractivity contribution in [2.75, 3.05) is 0 Å². The van der Waals surface area contributed by atoms with Gasteiger partial charge in [0.2, 0.25) is 0 Å². The number of unbranched alkanes of at least 4 members (excludes halogenated alkanes) is 6. The van der Waals surface area contributed by atoms with Gasteiger partial charge in [-0.2, -0.15) is 0 Å². The smallest absolute Gasteiger partial charge is 0.0491 e. The maximum atomic E-state index is 2.51. The molecule has 0 aliphatic rings. The Morgan fingerprint density at radius 2 is 1.43 bits per heavy atom. The molecule has 0 saturated heterocycles. The molecule has 2 aromatic carbocycles. The number of aryl methyl sites for hydroxylation is 3. The molecule has 0 aliphatic heterocycles. The highest BCUT2D eigenvalue weighted by Crippen LogP contribution is 2.43. The van der Waals surface area contributed by atoms with E-state index in [1.54, 1.807) is 5.56 Å². The molecule has 37 heavy (non-hydrogen) atoms. The molecule has 3 heterocycles. The van der Waals surface area contributed by atoms with Crippen LogP contribution < -0.4 is 0 Å². The minimum Gasteiger partial charge on any atom is -0.341 e. The molecule has 5 aromatic rings. The summed E-state index contributed by atoms with van der Waals surface area (Å²) in [5.74, 6) is 0. The zero-order chi connectivity index (χ0) is 25.6. The SMILES string of the molecule is CCCCCCc1csc(-c2sc(-c3ccc4c(c3)c3ccccc3n4CC)cc2CCCCCC)c1. The van der Waals surface area contributed by atoms with E-state index >= 15 is 0 Å². The third kappa shape index (κ3) is 5.73. The van der Waals surface area contributed by atoms with Crippen LogP contribution in [0.2, 0.25) is 0 Å². The highest BCUT2D eigenvalue weighted by molar-refractivity contribution is 7.23. The van der Waals surface area contributed by atoms with Crippen molar-refractivity contribution in [3.63, 3.8) is 0 Å². The first-order valence-electron chi connectivity index (χ1n) is 14.4. The molecule has 194 valence electrons. The number of hydrogen-bond donors (Lipinski definition) is 0. The summed E-state index contributed by atoms with van der Waals surface area (Å²) in [4.78, 5) is 4.39. The Bertz CT molecular complexity index is 1450. The van der Waals surface area contributed by atoms with E-state index in [1.807, 2.05) is 22.7 Å². The molecule has 0 radical (unpaired) electrons. The van der Waals surface area contributed by atoms with E-state index in [0.717, 1.165) is 6.54 Å². The van der Waals surface area contributed by atoms with Crippen molar-refractivity contribution >= 4 is 44.5 Å². The summed E-state index contributed by atoms with van der Waals surface area (Å²) in [5.41, 5.74) is 7.11. The Morgan fingerprint density at radius 1 is 0.676 bits per heavy atom. The first-order valence-corrected chi connectivity index (χ1v) is 16.1. The summed E-state index contributed by atoms with van der Waals surface area (Å²) in [5, 5.41) is 5.15. The van der Waals surface area contributed by atoms with Crippen molar-refractivity contribution < 1.29 is 0 Å². The summed E-state index contributed by atoms with van der Waals surface area (Å²) >= 11 is 3.96. The monoisotopic (exact) mass is 527 g/mol.